The highest BCUT2D eigenvalue weighted by Crippen LogP contribution is 2.28. The number of aliphatic imine (C=N–C) groups is 1. The standard InChI is InChI=1S/C16H24F3N5/c17-16(18,19)13-6-7-14(23-12-13)21-8-5-9-22-15(20)24-10-3-1-2-4-11-24/h6-7,12H,1-5,8-11H2,(H2,20,22)(H,21,23). The van der Waals surface area contributed by atoms with Crippen molar-refractivity contribution < 1.29 is 13.2 Å². The van der Waals surface area contributed by atoms with Crippen molar-refractivity contribution in [2.45, 2.75) is 38.3 Å². The highest BCUT2D eigenvalue weighted by atomic mass is 19.4. The smallest absolute Gasteiger partial charge is 0.370 e. The first-order chi connectivity index (χ1) is 11.5. The van der Waals surface area contributed by atoms with E-state index in [1.807, 2.05) is 0 Å². The molecule has 0 radical (unpaired) electrons. The summed E-state index contributed by atoms with van der Waals surface area (Å²) < 4.78 is 37.3. The third-order valence-electron chi connectivity index (χ3n) is 3.94. The molecular formula is C16H24F3N5. The second-order valence-corrected chi connectivity index (χ2v) is 5.85. The highest BCUT2D eigenvalue weighted by molar-refractivity contribution is 5.78. The number of hydrogen-bond donors (Lipinski definition) is 2. The Morgan fingerprint density at radius 3 is 2.50 bits per heavy atom. The summed E-state index contributed by atoms with van der Waals surface area (Å²) in [6.07, 6.45) is 2.00. The summed E-state index contributed by atoms with van der Waals surface area (Å²) in [4.78, 5) is 10.3. The van der Waals surface area contributed by atoms with Crippen LogP contribution in [0.15, 0.2) is 23.3 Å². The Bertz CT molecular complexity index is 520. The molecule has 24 heavy (non-hydrogen) atoms. The Morgan fingerprint density at radius 1 is 1.21 bits per heavy atom. The minimum absolute atomic E-state index is 0.424. The van der Waals surface area contributed by atoms with E-state index in [2.05, 4.69) is 20.2 Å². The molecular weight excluding hydrogens is 319 g/mol. The van der Waals surface area contributed by atoms with Crippen LogP contribution in [0.2, 0.25) is 0 Å². The summed E-state index contributed by atoms with van der Waals surface area (Å²) in [6, 6.07) is 2.35. The Hall–Kier alpha value is -1.99. The molecule has 1 aromatic rings. The minimum Gasteiger partial charge on any atom is -0.370 e. The molecule has 0 bridgehead atoms. The molecule has 3 N–H and O–H groups in total. The van der Waals surface area contributed by atoms with Crippen molar-refractivity contribution in [3.63, 3.8) is 0 Å². The van der Waals surface area contributed by atoms with Gasteiger partial charge in [-0.3, -0.25) is 4.99 Å². The SMILES string of the molecule is NC(=NCCCNc1ccc(C(F)(F)F)cn1)N1CCCCCC1. The van der Waals surface area contributed by atoms with Crippen molar-refractivity contribution >= 4 is 11.8 Å². The molecule has 2 rings (SSSR count). The Kier molecular flexibility index (Phi) is 6.69. The van der Waals surface area contributed by atoms with Crippen molar-refractivity contribution in [3.8, 4) is 0 Å². The predicted molar refractivity (Wildman–Crippen MR) is 88.9 cm³/mol. The van der Waals surface area contributed by atoms with Crippen molar-refractivity contribution in [2.75, 3.05) is 31.5 Å². The number of pyridine rings is 1. The summed E-state index contributed by atoms with van der Waals surface area (Å²) in [7, 11) is 0. The van der Waals surface area contributed by atoms with Crippen LogP contribution in [0.4, 0.5) is 19.0 Å². The molecule has 0 atom stereocenters. The van der Waals surface area contributed by atoms with E-state index < -0.39 is 11.7 Å². The van der Waals surface area contributed by atoms with Crippen molar-refractivity contribution in [1.82, 2.24) is 9.88 Å². The normalized spacial score (nSPS) is 16.8. The summed E-state index contributed by atoms with van der Waals surface area (Å²) >= 11 is 0. The van der Waals surface area contributed by atoms with Gasteiger partial charge in [-0.15, -0.1) is 0 Å². The number of halogens is 3. The van der Waals surface area contributed by atoms with Crippen LogP contribution in [0.3, 0.4) is 0 Å². The zero-order valence-electron chi connectivity index (χ0n) is 13.6. The van der Waals surface area contributed by atoms with Gasteiger partial charge in [-0.05, 0) is 31.4 Å². The van der Waals surface area contributed by atoms with Gasteiger partial charge in [0, 0.05) is 32.4 Å². The molecule has 8 heteroatoms. The third kappa shape index (κ3) is 5.90. The molecule has 134 valence electrons. The lowest BCUT2D eigenvalue weighted by molar-refractivity contribution is -0.137. The summed E-state index contributed by atoms with van der Waals surface area (Å²) in [5.74, 6) is 1.01. The van der Waals surface area contributed by atoms with Crippen LogP contribution in [0, 0.1) is 0 Å². The summed E-state index contributed by atoms with van der Waals surface area (Å²) in [6.45, 7) is 3.08. The average Bonchev–Trinajstić information content (AvgIpc) is 2.83. The van der Waals surface area contributed by atoms with Gasteiger partial charge in [0.15, 0.2) is 5.96 Å². The van der Waals surface area contributed by atoms with E-state index in [1.165, 1.54) is 18.9 Å². The van der Waals surface area contributed by atoms with E-state index in [0.29, 0.717) is 24.9 Å². The maximum absolute atomic E-state index is 12.4. The first-order valence-electron chi connectivity index (χ1n) is 8.29. The fraction of sp³-hybridized carbons (Fsp3) is 0.625. The molecule has 0 spiro atoms. The van der Waals surface area contributed by atoms with E-state index in [-0.39, 0.29) is 0 Å². The Morgan fingerprint density at radius 2 is 1.92 bits per heavy atom. The van der Waals surface area contributed by atoms with Gasteiger partial charge in [0.05, 0.1) is 5.56 Å². The maximum atomic E-state index is 12.4. The molecule has 1 aliphatic rings. The molecule has 1 saturated heterocycles. The molecule has 0 amide bonds. The fourth-order valence-electron chi connectivity index (χ4n) is 2.56. The maximum Gasteiger partial charge on any atom is 0.417 e. The molecule has 1 aromatic heterocycles. The quantitative estimate of drug-likeness (QED) is 0.490. The second-order valence-electron chi connectivity index (χ2n) is 5.85. The average molecular weight is 343 g/mol. The van der Waals surface area contributed by atoms with Gasteiger partial charge < -0.3 is 16.0 Å². The number of nitrogens with one attached hydrogen (secondary N) is 1. The monoisotopic (exact) mass is 343 g/mol. The van der Waals surface area contributed by atoms with E-state index in [0.717, 1.165) is 44.6 Å². The number of hydrogen-bond acceptors (Lipinski definition) is 3. The Labute approximate surface area is 140 Å². The number of aromatic nitrogens is 1. The Balaban J connectivity index is 1.69. The van der Waals surface area contributed by atoms with Crippen LogP contribution in [-0.4, -0.2) is 42.0 Å². The van der Waals surface area contributed by atoms with E-state index in [9.17, 15) is 13.2 Å². The molecule has 0 unspecified atom stereocenters. The van der Waals surface area contributed by atoms with Crippen LogP contribution in [0.25, 0.3) is 0 Å². The number of likely N-dealkylation sites (tertiary alicyclic amines) is 1. The van der Waals surface area contributed by atoms with Gasteiger partial charge in [-0.2, -0.15) is 13.2 Å². The molecule has 1 aliphatic heterocycles. The van der Waals surface area contributed by atoms with Gasteiger partial charge in [0.2, 0.25) is 0 Å². The van der Waals surface area contributed by atoms with Gasteiger partial charge in [0.25, 0.3) is 0 Å². The molecule has 0 aliphatic carbocycles. The lowest BCUT2D eigenvalue weighted by atomic mass is 10.2. The minimum atomic E-state index is -4.36. The highest BCUT2D eigenvalue weighted by Gasteiger charge is 2.30. The third-order valence-corrected chi connectivity index (χ3v) is 3.94. The molecule has 2 heterocycles. The first kappa shape index (κ1) is 18.4. The lowest BCUT2D eigenvalue weighted by Gasteiger charge is -2.21. The van der Waals surface area contributed by atoms with Crippen molar-refractivity contribution in [2.24, 2.45) is 10.7 Å². The zero-order chi connectivity index (χ0) is 17.4. The fourth-order valence-corrected chi connectivity index (χ4v) is 2.56. The van der Waals surface area contributed by atoms with Gasteiger partial charge >= 0.3 is 6.18 Å². The summed E-state index contributed by atoms with van der Waals surface area (Å²) in [5, 5.41) is 2.98. The first-order valence-corrected chi connectivity index (χ1v) is 8.29. The van der Waals surface area contributed by atoms with E-state index in [1.54, 1.807) is 0 Å². The predicted octanol–water partition coefficient (Wildman–Crippen LogP) is 3.09. The number of anilines is 1. The number of nitrogens with two attached hydrogens (primary N) is 1. The van der Waals surface area contributed by atoms with Gasteiger partial charge in [0.1, 0.15) is 5.82 Å². The summed E-state index contributed by atoms with van der Waals surface area (Å²) in [5.41, 5.74) is 5.26. The van der Waals surface area contributed by atoms with Crippen LogP contribution < -0.4 is 11.1 Å². The lowest BCUT2D eigenvalue weighted by Crippen LogP contribution is -2.38. The zero-order valence-corrected chi connectivity index (χ0v) is 13.6. The van der Waals surface area contributed by atoms with Crippen molar-refractivity contribution in [1.29, 1.82) is 0 Å². The van der Waals surface area contributed by atoms with Crippen molar-refractivity contribution in [3.05, 3.63) is 23.9 Å². The molecule has 5 nitrogen and oxygen atoms in total. The van der Waals surface area contributed by atoms with Crippen LogP contribution in [0.5, 0.6) is 0 Å². The van der Waals surface area contributed by atoms with E-state index in [4.69, 9.17) is 5.73 Å². The van der Waals surface area contributed by atoms with Crippen LogP contribution >= 0.6 is 0 Å². The van der Waals surface area contributed by atoms with Crippen LogP contribution in [-0.2, 0) is 6.18 Å². The number of guanidine groups is 1. The molecule has 1 fully saturated rings. The number of rotatable bonds is 5. The van der Waals surface area contributed by atoms with Gasteiger partial charge in [-0.25, -0.2) is 4.98 Å². The number of alkyl halides is 3. The largest absolute Gasteiger partial charge is 0.417 e. The van der Waals surface area contributed by atoms with Gasteiger partial charge in [-0.1, -0.05) is 12.8 Å². The van der Waals surface area contributed by atoms with Crippen LogP contribution in [0.1, 0.15) is 37.7 Å². The molecule has 0 saturated carbocycles. The number of nitrogens with zero attached hydrogens (tertiary/aromatic N) is 3. The molecule has 0 aromatic carbocycles. The van der Waals surface area contributed by atoms with E-state index >= 15 is 0 Å². The topological polar surface area (TPSA) is 66.5 Å². The second kappa shape index (κ2) is 8.75.